The SMILES string of the molecule is CSc1nc(NC(C)C)c2cnn(CCNC(=O)CCC3CCCCC3)c2n1. The van der Waals surface area contributed by atoms with Gasteiger partial charge in [0.1, 0.15) is 5.82 Å². The number of amides is 1. The summed E-state index contributed by atoms with van der Waals surface area (Å²) in [5.74, 6) is 1.69. The first-order valence-corrected chi connectivity index (χ1v) is 11.6. The maximum absolute atomic E-state index is 12.2. The molecule has 28 heavy (non-hydrogen) atoms. The van der Waals surface area contributed by atoms with E-state index in [0.29, 0.717) is 24.7 Å². The Kier molecular flexibility index (Phi) is 7.53. The van der Waals surface area contributed by atoms with E-state index in [4.69, 9.17) is 0 Å². The number of rotatable bonds is 9. The second kappa shape index (κ2) is 10.1. The van der Waals surface area contributed by atoms with Crippen molar-refractivity contribution < 1.29 is 4.79 Å². The van der Waals surface area contributed by atoms with E-state index in [1.807, 2.05) is 10.9 Å². The van der Waals surface area contributed by atoms with E-state index in [2.05, 4.69) is 39.5 Å². The summed E-state index contributed by atoms with van der Waals surface area (Å²) in [5.41, 5.74) is 0.805. The van der Waals surface area contributed by atoms with Gasteiger partial charge < -0.3 is 10.6 Å². The topological polar surface area (TPSA) is 84.7 Å². The molecule has 2 N–H and O–H groups in total. The summed E-state index contributed by atoms with van der Waals surface area (Å²) < 4.78 is 1.85. The van der Waals surface area contributed by atoms with Crippen LogP contribution in [0.1, 0.15) is 58.8 Å². The molecule has 2 aromatic heterocycles. The highest BCUT2D eigenvalue weighted by Gasteiger charge is 2.16. The Morgan fingerprint density at radius 3 is 2.79 bits per heavy atom. The number of aromatic nitrogens is 4. The van der Waals surface area contributed by atoms with Gasteiger partial charge in [-0.2, -0.15) is 5.10 Å². The lowest BCUT2D eigenvalue weighted by molar-refractivity contribution is -0.121. The number of thioether (sulfide) groups is 1. The van der Waals surface area contributed by atoms with Gasteiger partial charge in [0, 0.05) is 19.0 Å². The molecule has 7 nitrogen and oxygen atoms in total. The van der Waals surface area contributed by atoms with Crippen LogP contribution < -0.4 is 10.6 Å². The second-order valence-electron chi connectivity index (χ2n) is 7.86. The molecule has 0 aliphatic heterocycles. The molecule has 1 fully saturated rings. The Morgan fingerprint density at radius 2 is 2.07 bits per heavy atom. The van der Waals surface area contributed by atoms with Gasteiger partial charge in [-0.15, -0.1) is 0 Å². The Bertz CT molecular complexity index is 784. The average Bonchev–Trinajstić information content (AvgIpc) is 3.10. The van der Waals surface area contributed by atoms with Crippen molar-refractivity contribution >= 4 is 34.5 Å². The van der Waals surface area contributed by atoms with Crippen LogP contribution in [0.3, 0.4) is 0 Å². The molecule has 1 saturated carbocycles. The van der Waals surface area contributed by atoms with Gasteiger partial charge >= 0.3 is 0 Å². The minimum atomic E-state index is 0.142. The predicted molar refractivity (Wildman–Crippen MR) is 115 cm³/mol. The molecular formula is C20H32N6OS. The second-order valence-corrected chi connectivity index (χ2v) is 8.63. The average molecular weight is 405 g/mol. The highest BCUT2D eigenvalue weighted by molar-refractivity contribution is 7.98. The molecular weight excluding hydrogens is 372 g/mol. The van der Waals surface area contributed by atoms with Gasteiger partial charge in [0.2, 0.25) is 5.91 Å². The fourth-order valence-corrected chi connectivity index (χ4v) is 4.13. The smallest absolute Gasteiger partial charge is 0.220 e. The lowest BCUT2D eigenvalue weighted by Gasteiger charge is -2.20. The highest BCUT2D eigenvalue weighted by Crippen LogP contribution is 2.27. The number of carbonyl (C=O) groups excluding carboxylic acids is 1. The summed E-state index contributed by atoms with van der Waals surface area (Å²) in [5, 5.41) is 12.5. The minimum absolute atomic E-state index is 0.142. The Balaban J connectivity index is 1.55. The van der Waals surface area contributed by atoms with Crippen molar-refractivity contribution in [3.63, 3.8) is 0 Å². The van der Waals surface area contributed by atoms with E-state index in [9.17, 15) is 4.79 Å². The van der Waals surface area contributed by atoms with E-state index in [1.54, 1.807) is 6.20 Å². The van der Waals surface area contributed by atoms with Crippen molar-refractivity contribution in [2.75, 3.05) is 18.1 Å². The van der Waals surface area contributed by atoms with Crippen molar-refractivity contribution in [2.45, 2.75) is 76.5 Å². The first-order valence-electron chi connectivity index (χ1n) is 10.4. The van der Waals surface area contributed by atoms with Gasteiger partial charge in [-0.05, 0) is 32.4 Å². The maximum atomic E-state index is 12.2. The van der Waals surface area contributed by atoms with Crippen LogP contribution in [0.15, 0.2) is 11.4 Å². The quantitative estimate of drug-likeness (QED) is 0.488. The Morgan fingerprint density at radius 1 is 1.29 bits per heavy atom. The van der Waals surface area contributed by atoms with E-state index in [-0.39, 0.29) is 11.9 Å². The van der Waals surface area contributed by atoms with Gasteiger partial charge in [-0.1, -0.05) is 43.9 Å². The predicted octanol–water partition coefficient (Wildman–Crippen LogP) is 3.85. The lowest BCUT2D eigenvalue weighted by Crippen LogP contribution is -2.28. The fourth-order valence-electron chi connectivity index (χ4n) is 3.77. The molecule has 2 aromatic rings. The summed E-state index contributed by atoms with van der Waals surface area (Å²) in [7, 11) is 0. The lowest BCUT2D eigenvalue weighted by atomic mass is 9.86. The summed E-state index contributed by atoms with van der Waals surface area (Å²) in [6, 6.07) is 0.277. The van der Waals surface area contributed by atoms with Crippen LogP contribution >= 0.6 is 11.8 Å². The monoisotopic (exact) mass is 404 g/mol. The third-order valence-corrected chi connectivity index (χ3v) is 5.78. The summed E-state index contributed by atoms with van der Waals surface area (Å²) >= 11 is 1.51. The molecule has 0 saturated heterocycles. The zero-order valence-electron chi connectivity index (χ0n) is 17.2. The molecule has 0 unspecified atom stereocenters. The molecule has 0 aromatic carbocycles. The van der Waals surface area contributed by atoms with Crippen molar-refractivity contribution in [3.8, 4) is 0 Å². The first-order chi connectivity index (χ1) is 13.6. The summed E-state index contributed by atoms with van der Waals surface area (Å²) in [4.78, 5) is 21.4. The normalized spacial score (nSPS) is 15.3. The highest BCUT2D eigenvalue weighted by atomic mass is 32.2. The van der Waals surface area contributed by atoms with Crippen molar-refractivity contribution in [1.82, 2.24) is 25.1 Å². The number of anilines is 1. The number of carbonyl (C=O) groups is 1. The fraction of sp³-hybridized carbons (Fsp3) is 0.700. The molecule has 1 aliphatic carbocycles. The number of nitrogens with one attached hydrogen (secondary N) is 2. The number of fused-ring (bicyclic) bond motifs is 1. The van der Waals surface area contributed by atoms with Crippen molar-refractivity contribution in [1.29, 1.82) is 0 Å². The van der Waals surface area contributed by atoms with Crippen LogP contribution in [-0.4, -0.2) is 44.5 Å². The molecule has 1 amide bonds. The van der Waals surface area contributed by atoms with E-state index in [1.165, 1.54) is 43.9 Å². The number of hydrogen-bond donors (Lipinski definition) is 2. The van der Waals surface area contributed by atoms with Gasteiger partial charge in [0.15, 0.2) is 10.8 Å². The molecule has 3 rings (SSSR count). The van der Waals surface area contributed by atoms with Gasteiger partial charge in [0.25, 0.3) is 0 Å². The Labute approximate surface area is 171 Å². The molecule has 8 heteroatoms. The molecule has 1 aliphatic rings. The van der Waals surface area contributed by atoms with E-state index in [0.717, 1.165) is 29.2 Å². The molecule has 2 heterocycles. The van der Waals surface area contributed by atoms with Crippen LogP contribution in [0, 0.1) is 5.92 Å². The molecule has 0 radical (unpaired) electrons. The van der Waals surface area contributed by atoms with E-state index >= 15 is 0 Å². The van der Waals surface area contributed by atoms with Gasteiger partial charge in [-0.25, -0.2) is 14.6 Å². The van der Waals surface area contributed by atoms with Crippen LogP contribution in [0.5, 0.6) is 0 Å². The number of nitrogens with zero attached hydrogens (tertiary/aromatic N) is 4. The Hall–Kier alpha value is -1.83. The van der Waals surface area contributed by atoms with Gasteiger partial charge in [-0.3, -0.25) is 4.79 Å². The van der Waals surface area contributed by atoms with Gasteiger partial charge in [0.05, 0.1) is 18.1 Å². The zero-order valence-corrected chi connectivity index (χ0v) is 18.0. The third kappa shape index (κ3) is 5.59. The summed E-state index contributed by atoms with van der Waals surface area (Å²) in [6.45, 7) is 5.33. The van der Waals surface area contributed by atoms with Crippen LogP contribution in [0.2, 0.25) is 0 Å². The van der Waals surface area contributed by atoms with Crippen LogP contribution in [0.4, 0.5) is 5.82 Å². The number of hydrogen-bond acceptors (Lipinski definition) is 6. The van der Waals surface area contributed by atoms with Crippen molar-refractivity contribution in [3.05, 3.63) is 6.20 Å². The molecule has 0 spiro atoms. The molecule has 154 valence electrons. The minimum Gasteiger partial charge on any atom is -0.367 e. The third-order valence-electron chi connectivity index (χ3n) is 5.23. The van der Waals surface area contributed by atoms with Crippen molar-refractivity contribution in [2.24, 2.45) is 5.92 Å². The zero-order chi connectivity index (χ0) is 19.9. The van der Waals surface area contributed by atoms with E-state index < -0.39 is 0 Å². The summed E-state index contributed by atoms with van der Waals surface area (Å²) in [6.07, 6.45) is 12.0. The maximum Gasteiger partial charge on any atom is 0.220 e. The first kappa shape index (κ1) is 20.9. The largest absolute Gasteiger partial charge is 0.367 e. The molecule has 0 atom stereocenters. The van der Waals surface area contributed by atoms with Crippen LogP contribution in [0.25, 0.3) is 11.0 Å². The standard InChI is InChI=1S/C20H32N6OS/c1-14(2)23-18-16-13-22-26(19(16)25-20(24-18)28-3)12-11-21-17(27)10-9-15-7-5-4-6-8-15/h13-15H,4-12H2,1-3H3,(H,21,27)(H,23,24,25). The molecule has 0 bridgehead atoms. The van der Waals surface area contributed by atoms with Crippen LogP contribution in [-0.2, 0) is 11.3 Å².